The smallest absolute Gasteiger partial charge is 0.225 e. The summed E-state index contributed by atoms with van der Waals surface area (Å²) in [6.07, 6.45) is 4.16. The number of likely N-dealkylation sites (tertiary alicyclic amines) is 1. The average Bonchev–Trinajstić information content (AvgIpc) is 3.44. The van der Waals surface area contributed by atoms with Crippen LogP contribution in [0.4, 0.5) is 0 Å². The Kier molecular flexibility index (Phi) is 5.51. The molecule has 1 aliphatic heterocycles. The summed E-state index contributed by atoms with van der Waals surface area (Å²) in [5, 5.41) is 4.12. The van der Waals surface area contributed by atoms with E-state index in [1.807, 2.05) is 17.0 Å². The van der Waals surface area contributed by atoms with Crippen molar-refractivity contribution in [1.29, 1.82) is 0 Å². The van der Waals surface area contributed by atoms with Gasteiger partial charge in [-0.1, -0.05) is 11.6 Å². The lowest BCUT2D eigenvalue weighted by Crippen LogP contribution is -2.45. The predicted molar refractivity (Wildman–Crippen MR) is 93.7 cm³/mol. The molecule has 132 valence electrons. The van der Waals surface area contributed by atoms with Crippen LogP contribution >= 0.6 is 11.6 Å². The second kappa shape index (κ2) is 7.62. The molecule has 1 saturated heterocycles. The first kappa shape index (κ1) is 17.4. The lowest BCUT2D eigenvalue weighted by molar-refractivity contribution is -0.133. The van der Waals surface area contributed by atoms with E-state index in [9.17, 15) is 4.79 Å². The van der Waals surface area contributed by atoms with Crippen LogP contribution < -0.4 is 14.8 Å². The third-order valence-corrected chi connectivity index (χ3v) is 5.10. The van der Waals surface area contributed by atoms with Gasteiger partial charge in [0.05, 0.1) is 19.2 Å². The minimum atomic E-state index is 0.323. The molecular formula is C18H25ClN2O3. The first-order valence-corrected chi connectivity index (χ1v) is 8.92. The Morgan fingerprint density at radius 1 is 1.21 bits per heavy atom. The third-order valence-electron chi connectivity index (χ3n) is 4.82. The van der Waals surface area contributed by atoms with Crippen LogP contribution in [0.25, 0.3) is 0 Å². The van der Waals surface area contributed by atoms with Crippen molar-refractivity contribution in [2.45, 2.75) is 38.3 Å². The summed E-state index contributed by atoms with van der Waals surface area (Å²) in [6, 6.07) is 4.28. The largest absolute Gasteiger partial charge is 0.493 e. The highest BCUT2D eigenvalue weighted by atomic mass is 35.5. The van der Waals surface area contributed by atoms with Crippen molar-refractivity contribution in [3.8, 4) is 11.5 Å². The molecule has 0 radical (unpaired) electrons. The molecule has 3 rings (SSSR count). The third kappa shape index (κ3) is 3.95. The first-order chi connectivity index (χ1) is 11.6. The fourth-order valence-corrected chi connectivity index (χ4v) is 3.54. The van der Waals surface area contributed by atoms with Gasteiger partial charge in [0.1, 0.15) is 0 Å². The highest BCUT2D eigenvalue weighted by Crippen LogP contribution is 2.36. The second-order valence-corrected chi connectivity index (χ2v) is 6.98. The number of benzene rings is 1. The Bertz CT molecular complexity index is 596. The van der Waals surface area contributed by atoms with E-state index in [2.05, 4.69) is 5.32 Å². The number of nitrogens with one attached hydrogen (secondary N) is 1. The van der Waals surface area contributed by atoms with Gasteiger partial charge in [-0.2, -0.15) is 0 Å². The zero-order valence-corrected chi connectivity index (χ0v) is 15.1. The monoisotopic (exact) mass is 352 g/mol. The molecule has 2 aliphatic rings. The zero-order valence-electron chi connectivity index (χ0n) is 14.3. The molecule has 1 amide bonds. The Morgan fingerprint density at radius 2 is 1.92 bits per heavy atom. The van der Waals surface area contributed by atoms with Gasteiger partial charge in [-0.25, -0.2) is 0 Å². The van der Waals surface area contributed by atoms with Gasteiger partial charge in [0.2, 0.25) is 5.91 Å². The maximum atomic E-state index is 12.1. The van der Waals surface area contributed by atoms with Crippen LogP contribution in [-0.4, -0.2) is 44.2 Å². The predicted octanol–water partition coefficient (Wildman–Crippen LogP) is 2.85. The van der Waals surface area contributed by atoms with Crippen molar-refractivity contribution in [3.63, 3.8) is 0 Å². The summed E-state index contributed by atoms with van der Waals surface area (Å²) < 4.78 is 10.6. The van der Waals surface area contributed by atoms with Crippen LogP contribution in [0.5, 0.6) is 11.5 Å². The summed E-state index contributed by atoms with van der Waals surface area (Å²) >= 11 is 6.25. The van der Waals surface area contributed by atoms with Gasteiger partial charge < -0.3 is 19.7 Å². The van der Waals surface area contributed by atoms with Gasteiger partial charge >= 0.3 is 0 Å². The van der Waals surface area contributed by atoms with Gasteiger partial charge in [-0.15, -0.1) is 0 Å². The highest BCUT2D eigenvalue weighted by molar-refractivity contribution is 6.32. The van der Waals surface area contributed by atoms with E-state index in [-0.39, 0.29) is 0 Å². The standard InChI is InChI=1S/C18H25ClN2O3/c1-23-16-10-12(9-15(19)17(16)24-2)11-20-14-5-7-21(8-6-14)18(22)13-3-4-13/h9-10,13-14,20H,3-8,11H2,1-2H3. The molecule has 24 heavy (non-hydrogen) atoms. The molecule has 1 aromatic carbocycles. The lowest BCUT2D eigenvalue weighted by Gasteiger charge is -2.32. The summed E-state index contributed by atoms with van der Waals surface area (Å²) in [5.74, 6) is 1.89. The van der Waals surface area contributed by atoms with Crippen LogP contribution in [0.3, 0.4) is 0 Å². The van der Waals surface area contributed by atoms with Crippen LogP contribution in [0, 0.1) is 5.92 Å². The van der Waals surface area contributed by atoms with Gasteiger partial charge in [-0.3, -0.25) is 4.79 Å². The number of hydrogen-bond acceptors (Lipinski definition) is 4. The van der Waals surface area contributed by atoms with Gasteiger partial charge in [-0.05, 0) is 43.4 Å². The number of carbonyl (C=O) groups is 1. The van der Waals surface area contributed by atoms with Crippen LogP contribution in [0.2, 0.25) is 5.02 Å². The Balaban J connectivity index is 1.51. The Labute approximate surface area is 148 Å². The molecular weight excluding hydrogens is 328 g/mol. The molecule has 1 N–H and O–H groups in total. The number of hydrogen-bond donors (Lipinski definition) is 1. The van der Waals surface area contributed by atoms with Crippen molar-refractivity contribution < 1.29 is 14.3 Å². The molecule has 6 heteroatoms. The number of ether oxygens (including phenoxy) is 2. The fourth-order valence-electron chi connectivity index (χ4n) is 3.23. The van der Waals surface area contributed by atoms with Gasteiger partial charge in [0.15, 0.2) is 11.5 Å². The highest BCUT2D eigenvalue weighted by Gasteiger charge is 2.34. The Morgan fingerprint density at radius 3 is 2.50 bits per heavy atom. The van der Waals surface area contributed by atoms with Crippen molar-refractivity contribution in [2.24, 2.45) is 5.92 Å². The summed E-state index contributed by atoms with van der Waals surface area (Å²) in [7, 11) is 3.19. The van der Waals surface area contributed by atoms with Crippen molar-refractivity contribution >= 4 is 17.5 Å². The van der Waals surface area contributed by atoms with Crippen molar-refractivity contribution in [1.82, 2.24) is 10.2 Å². The lowest BCUT2D eigenvalue weighted by atomic mass is 10.0. The molecule has 5 nitrogen and oxygen atoms in total. The van der Waals surface area contributed by atoms with Gasteiger partial charge in [0, 0.05) is 31.6 Å². The molecule has 2 fully saturated rings. The van der Waals surface area contributed by atoms with Crippen LogP contribution in [0.1, 0.15) is 31.2 Å². The summed E-state index contributed by atoms with van der Waals surface area (Å²) in [5.41, 5.74) is 1.06. The molecule has 1 aromatic rings. The fraction of sp³-hybridized carbons (Fsp3) is 0.611. The summed E-state index contributed by atoms with van der Waals surface area (Å²) in [6.45, 7) is 2.45. The number of piperidine rings is 1. The molecule has 1 aliphatic carbocycles. The molecule has 0 atom stereocenters. The molecule has 1 heterocycles. The quantitative estimate of drug-likeness (QED) is 0.855. The van der Waals surface area contributed by atoms with E-state index in [0.29, 0.717) is 34.4 Å². The van der Waals surface area contributed by atoms with Crippen LogP contribution in [0.15, 0.2) is 12.1 Å². The number of carbonyl (C=O) groups excluding carboxylic acids is 1. The van der Waals surface area contributed by atoms with E-state index in [1.54, 1.807) is 14.2 Å². The number of methoxy groups -OCH3 is 2. The molecule has 0 aromatic heterocycles. The SMILES string of the molecule is COc1cc(CNC2CCN(C(=O)C3CC3)CC2)cc(Cl)c1OC. The van der Waals surface area contributed by atoms with E-state index in [1.165, 1.54) is 0 Å². The van der Waals surface area contributed by atoms with Crippen LogP contribution in [-0.2, 0) is 11.3 Å². The molecule has 0 spiro atoms. The van der Waals surface area contributed by atoms with E-state index in [0.717, 1.165) is 50.9 Å². The van der Waals surface area contributed by atoms with Crippen molar-refractivity contribution in [3.05, 3.63) is 22.7 Å². The number of halogens is 1. The second-order valence-electron chi connectivity index (χ2n) is 6.57. The van der Waals surface area contributed by atoms with E-state index >= 15 is 0 Å². The number of amides is 1. The molecule has 1 saturated carbocycles. The topological polar surface area (TPSA) is 50.8 Å². The van der Waals surface area contributed by atoms with Crippen molar-refractivity contribution in [2.75, 3.05) is 27.3 Å². The minimum absolute atomic E-state index is 0.323. The van der Waals surface area contributed by atoms with E-state index < -0.39 is 0 Å². The summed E-state index contributed by atoms with van der Waals surface area (Å²) in [4.78, 5) is 14.1. The maximum absolute atomic E-state index is 12.1. The normalized spacial score (nSPS) is 18.5. The number of nitrogens with zero attached hydrogens (tertiary/aromatic N) is 1. The zero-order chi connectivity index (χ0) is 17.1. The minimum Gasteiger partial charge on any atom is -0.493 e. The van der Waals surface area contributed by atoms with E-state index in [4.69, 9.17) is 21.1 Å². The number of rotatable bonds is 6. The molecule has 0 bridgehead atoms. The Hall–Kier alpha value is -1.46. The van der Waals surface area contributed by atoms with Gasteiger partial charge in [0.25, 0.3) is 0 Å². The molecule has 0 unspecified atom stereocenters. The average molecular weight is 353 g/mol. The maximum Gasteiger partial charge on any atom is 0.225 e. The first-order valence-electron chi connectivity index (χ1n) is 8.55.